The van der Waals surface area contributed by atoms with Crippen LogP contribution >= 0.6 is 46.0 Å². The van der Waals surface area contributed by atoms with Crippen LogP contribution in [0.1, 0.15) is 15.9 Å². The lowest BCUT2D eigenvalue weighted by Crippen LogP contribution is -2.17. The van der Waals surface area contributed by atoms with Crippen molar-refractivity contribution >= 4 is 73.7 Å². The number of hydrogen-bond donors (Lipinski definition) is 3. The Bertz CT molecular complexity index is 988. The van der Waals surface area contributed by atoms with Crippen molar-refractivity contribution in [1.29, 1.82) is 0 Å². The van der Waals surface area contributed by atoms with Gasteiger partial charge in [-0.2, -0.15) is 0 Å². The van der Waals surface area contributed by atoms with Gasteiger partial charge in [0.2, 0.25) is 11.0 Å². The maximum atomic E-state index is 12.1. The lowest BCUT2D eigenvalue weighted by atomic mass is 10.2. The number of thioether (sulfide) groups is 1. The number of nitrogens with one attached hydrogen (secondary N) is 2. The normalized spacial score (nSPS) is 10.6. The molecular weight excluding hydrogens is 426 g/mol. The molecule has 2 amide bonds. The molecule has 0 atom stereocenters. The molecule has 4 N–H and O–H groups in total. The SMILES string of the molecule is Cc1c(Cl)cccc1Nc1nnc(SCC(=O)Nc2sccc2C(N)=O)s1. The molecule has 0 unspecified atom stereocenters. The number of nitrogens with two attached hydrogens (primary N) is 1. The van der Waals surface area contributed by atoms with Crippen LogP contribution in [0, 0.1) is 6.92 Å². The molecule has 0 aliphatic carbocycles. The van der Waals surface area contributed by atoms with Crippen molar-refractivity contribution in [2.45, 2.75) is 11.3 Å². The van der Waals surface area contributed by atoms with Gasteiger partial charge < -0.3 is 16.4 Å². The summed E-state index contributed by atoms with van der Waals surface area (Å²) in [4.78, 5) is 23.4. The Kier molecular flexibility index (Phi) is 6.32. The topological polar surface area (TPSA) is 110 Å². The van der Waals surface area contributed by atoms with Gasteiger partial charge >= 0.3 is 0 Å². The van der Waals surface area contributed by atoms with Gasteiger partial charge in [-0.25, -0.2) is 0 Å². The minimum Gasteiger partial charge on any atom is -0.366 e. The number of rotatable bonds is 7. The van der Waals surface area contributed by atoms with Gasteiger partial charge in [-0.1, -0.05) is 40.8 Å². The highest BCUT2D eigenvalue weighted by molar-refractivity contribution is 8.01. The van der Waals surface area contributed by atoms with Crippen molar-refractivity contribution < 1.29 is 9.59 Å². The molecule has 3 rings (SSSR count). The first-order valence-corrected chi connectivity index (χ1v) is 10.7. The van der Waals surface area contributed by atoms with Crippen molar-refractivity contribution in [2.75, 3.05) is 16.4 Å². The third-order valence-corrected chi connectivity index (χ3v) is 6.64. The first-order chi connectivity index (χ1) is 12.9. The van der Waals surface area contributed by atoms with E-state index in [1.54, 1.807) is 11.4 Å². The average molecular weight is 440 g/mol. The molecule has 7 nitrogen and oxygen atoms in total. The number of primary amides is 1. The predicted molar refractivity (Wildman–Crippen MR) is 112 cm³/mol. The number of halogens is 1. The molecule has 3 aromatic rings. The summed E-state index contributed by atoms with van der Waals surface area (Å²) in [5, 5.41) is 17.4. The van der Waals surface area contributed by atoms with Crippen molar-refractivity contribution in [2.24, 2.45) is 5.73 Å². The van der Waals surface area contributed by atoms with Crippen molar-refractivity contribution in [3.63, 3.8) is 0 Å². The summed E-state index contributed by atoms with van der Waals surface area (Å²) in [6.07, 6.45) is 0. The average Bonchev–Trinajstić information content (AvgIpc) is 3.26. The van der Waals surface area contributed by atoms with E-state index < -0.39 is 5.91 Å². The lowest BCUT2D eigenvalue weighted by molar-refractivity contribution is -0.113. The Hall–Kier alpha value is -2.14. The zero-order valence-electron chi connectivity index (χ0n) is 14.0. The Balaban J connectivity index is 1.56. The van der Waals surface area contributed by atoms with E-state index in [1.807, 2.05) is 25.1 Å². The number of carbonyl (C=O) groups excluding carboxylic acids is 2. The summed E-state index contributed by atoms with van der Waals surface area (Å²) >= 11 is 9.95. The van der Waals surface area contributed by atoms with E-state index in [4.69, 9.17) is 17.3 Å². The largest absolute Gasteiger partial charge is 0.366 e. The highest BCUT2D eigenvalue weighted by atomic mass is 35.5. The summed E-state index contributed by atoms with van der Waals surface area (Å²) in [5.74, 6) is -0.684. The highest BCUT2D eigenvalue weighted by Gasteiger charge is 2.14. The van der Waals surface area contributed by atoms with Crippen LogP contribution in [-0.2, 0) is 4.79 Å². The minimum absolute atomic E-state index is 0.140. The third kappa shape index (κ3) is 4.98. The van der Waals surface area contributed by atoms with Crippen LogP contribution in [0.15, 0.2) is 34.0 Å². The first-order valence-electron chi connectivity index (χ1n) is 7.59. The number of nitrogens with zero attached hydrogens (tertiary/aromatic N) is 2. The van der Waals surface area contributed by atoms with Crippen LogP contribution in [-0.4, -0.2) is 27.8 Å². The van der Waals surface area contributed by atoms with E-state index in [1.165, 1.54) is 34.4 Å². The molecule has 11 heteroatoms. The monoisotopic (exact) mass is 439 g/mol. The number of anilines is 3. The van der Waals surface area contributed by atoms with E-state index in [-0.39, 0.29) is 11.7 Å². The molecule has 27 heavy (non-hydrogen) atoms. The summed E-state index contributed by atoms with van der Waals surface area (Å²) in [5.41, 5.74) is 7.34. The standard InChI is InChI=1S/C16H14ClN5O2S3/c1-8-10(17)3-2-4-11(8)19-15-21-22-16(27-15)26-7-12(23)20-14-9(13(18)24)5-6-25-14/h2-6H,7H2,1H3,(H2,18,24)(H,19,21)(H,20,23). The molecular formula is C16H14ClN5O2S3. The zero-order chi connectivity index (χ0) is 19.4. The summed E-state index contributed by atoms with van der Waals surface area (Å²) in [6, 6.07) is 7.15. The van der Waals surface area contributed by atoms with E-state index in [2.05, 4.69) is 20.8 Å². The quantitative estimate of drug-likeness (QED) is 0.477. The zero-order valence-corrected chi connectivity index (χ0v) is 17.2. The van der Waals surface area contributed by atoms with Crippen molar-refractivity contribution in [1.82, 2.24) is 10.2 Å². The van der Waals surface area contributed by atoms with Crippen LogP contribution in [0.5, 0.6) is 0 Å². The second-order valence-corrected chi connectivity index (χ2v) is 8.80. The van der Waals surface area contributed by atoms with E-state index in [9.17, 15) is 9.59 Å². The molecule has 1 aromatic carbocycles. The van der Waals surface area contributed by atoms with Gasteiger partial charge in [-0.05, 0) is 36.1 Å². The molecule has 0 spiro atoms. The molecule has 0 saturated carbocycles. The number of carbonyl (C=O) groups is 2. The predicted octanol–water partition coefficient (Wildman–Crippen LogP) is 4.13. The molecule has 0 aliphatic rings. The summed E-state index contributed by atoms with van der Waals surface area (Å²) < 4.78 is 0.647. The molecule has 0 fully saturated rings. The van der Waals surface area contributed by atoms with Gasteiger partial charge in [-0.3, -0.25) is 9.59 Å². The number of aromatic nitrogens is 2. The van der Waals surface area contributed by atoms with Gasteiger partial charge in [0.15, 0.2) is 4.34 Å². The van der Waals surface area contributed by atoms with Crippen LogP contribution in [0.3, 0.4) is 0 Å². The maximum absolute atomic E-state index is 12.1. The fourth-order valence-electron chi connectivity index (χ4n) is 2.07. The fourth-order valence-corrected chi connectivity index (χ4v) is 4.61. The Morgan fingerprint density at radius 1 is 1.30 bits per heavy atom. The second-order valence-electron chi connectivity index (χ2n) is 5.28. The molecule has 2 heterocycles. The number of thiophene rings is 1. The van der Waals surface area contributed by atoms with Gasteiger partial charge in [0, 0.05) is 10.7 Å². The molecule has 0 aliphatic heterocycles. The van der Waals surface area contributed by atoms with Gasteiger partial charge in [0.05, 0.1) is 11.3 Å². The molecule has 0 radical (unpaired) electrons. The van der Waals surface area contributed by atoms with Crippen LogP contribution in [0.2, 0.25) is 5.02 Å². The number of benzene rings is 1. The van der Waals surface area contributed by atoms with Crippen molar-refractivity contribution in [3.05, 3.63) is 45.8 Å². The smallest absolute Gasteiger partial charge is 0.251 e. The van der Waals surface area contributed by atoms with E-state index >= 15 is 0 Å². The molecule has 0 saturated heterocycles. The Labute approximate surface area is 172 Å². The summed E-state index contributed by atoms with van der Waals surface area (Å²) in [6.45, 7) is 1.91. The Morgan fingerprint density at radius 3 is 2.89 bits per heavy atom. The van der Waals surface area contributed by atoms with E-state index in [0.717, 1.165) is 11.3 Å². The van der Waals surface area contributed by atoms with Crippen LogP contribution < -0.4 is 16.4 Å². The van der Waals surface area contributed by atoms with Crippen LogP contribution in [0.4, 0.5) is 15.8 Å². The number of hydrogen-bond acceptors (Lipinski definition) is 8. The van der Waals surface area contributed by atoms with E-state index in [0.29, 0.717) is 25.1 Å². The minimum atomic E-state index is -0.574. The Morgan fingerprint density at radius 2 is 2.11 bits per heavy atom. The number of amides is 2. The second kappa shape index (κ2) is 8.70. The van der Waals surface area contributed by atoms with Gasteiger partial charge in [0.1, 0.15) is 5.00 Å². The molecule has 2 aromatic heterocycles. The third-order valence-electron chi connectivity index (χ3n) is 3.43. The van der Waals surface area contributed by atoms with Crippen LogP contribution in [0.25, 0.3) is 0 Å². The molecule has 0 bridgehead atoms. The van der Waals surface area contributed by atoms with Gasteiger partial charge in [0.25, 0.3) is 5.91 Å². The maximum Gasteiger partial charge on any atom is 0.251 e. The highest BCUT2D eigenvalue weighted by Crippen LogP contribution is 2.31. The van der Waals surface area contributed by atoms with Crippen molar-refractivity contribution in [3.8, 4) is 0 Å². The summed E-state index contributed by atoms with van der Waals surface area (Å²) in [7, 11) is 0. The fraction of sp³-hybridized carbons (Fsp3) is 0.125. The first kappa shape index (κ1) is 19.6. The molecule has 140 valence electrons. The lowest BCUT2D eigenvalue weighted by Gasteiger charge is -2.06. The van der Waals surface area contributed by atoms with Gasteiger partial charge in [-0.15, -0.1) is 21.5 Å².